The number of carbonyl (C=O) groups excluding carboxylic acids is 1. The number of hydrogen-bond acceptors (Lipinski definition) is 3. The molecule has 1 N–H and O–H groups in total. The highest BCUT2D eigenvalue weighted by Crippen LogP contribution is 2.40. The molecule has 2 heterocycles. The molecular formula is C18H16FNO3. The van der Waals surface area contributed by atoms with Crippen LogP contribution in [0, 0.1) is 5.82 Å². The molecule has 118 valence electrons. The van der Waals surface area contributed by atoms with Crippen LogP contribution in [-0.4, -0.2) is 19.1 Å². The quantitative estimate of drug-likeness (QED) is 0.948. The molecule has 1 amide bonds. The average Bonchev–Trinajstić information content (AvgIpc) is 3.18. The number of benzene rings is 2. The first kappa shape index (κ1) is 14.1. The normalized spacial score (nSPS) is 14.7. The molecule has 23 heavy (non-hydrogen) atoms. The predicted octanol–water partition coefficient (Wildman–Crippen LogP) is 2.88. The van der Waals surface area contributed by atoms with Gasteiger partial charge in [0.05, 0.1) is 19.6 Å². The van der Waals surface area contributed by atoms with Crippen LogP contribution in [0.25, 0.3) is 0 Å². The van der Waals surface area contributed by atoms with Gasteiger partial charge in [-0.3, -0.25) is 4.79 Å². The molecule has 2 aliphatic rings. The smallest absolute Gasteiger partial charge is 0.228 e. The molecule has 0 aromatic heterocycles. The number of hydrogen-bond donors (Lipinski definition) is 1. The molecule has 0 saturated heterocycles. The monoisotopic (exact) mass is 313 g/mol. The molecule has 4 rings (SSSR count). The number of rotatable bonds is 3. The summed E-state index contributed by atoms with van der Waals surface area (Å²) in [7, 11) is 0. The Morgan fingerprint density at radius 3 is 2.74 bits per heavy atom. The molecule has 0 spiro atoms. The van der Waals surface area contributed by atoms with Crippen molar-refractivity contribution in [3.8, 4) is 11.5 Å². The highest BCUT2D eigenvalue weighted by atomic mass is 19.1. The van der Waals surface area contributed by atoms with Crippen molar-refractivity contribution in [2.24, 2.45) is 0 Å². The fourth-order valence-corrected chi connectivity index (χ4v) is 3.17. The van der Waals surface area contributed by atoms with Crippen molar-refractivity contribution in [2.75, 3.05) is 18.5 Å². The molecule has 0 bridgehead atoms. The maximum Gasteiger partial charge on any atom is 0.228 e. The van der Waals surface area contributed by atoms with Crippen molar-refractivity contribution in [3.05, 3.63) is 52.8 Å². The first-order valence-electron chi connectivity index (χ1n) is 7.69. The van der Waals surface area contributed by atoms with Gasteiger partial charge in [0.25, 0.3) is 0 Å². The second kappa shape index (κ2) is 5.57. The number of anilines is 1. The van der Waals surface area contributed by atoms with E-state index in [1.807, 2.05) is 6.07 Å². The second-order valence-corrected chi connectivity index (χ2v) is 5.75. The molecule has 2 aromatic carbocycles. The van der Waals surface area contributed by atoms with Crippen LogP contribution >= 0.6 is 0 Å². The minimum absolute atomic E-state index is 0.144. The summed E-state index contributed by atoms with van der Waals surface area (Å²) in [6, 6.07) is 7.78. The lowest BCUT2D eigenvalue weighted by atomic mass is 9.97. The minimum Gasteiger partial charge on any atom is -0.493 e. The van der Waals surface area contributed by atoms with Crippen LogP contribution < -0.4 is 14.8 Å². The van der Waals surface area contributed by atoms with Gasteiger partial charge < -0.3 is 14.8 Å². The first-order valence-corrected chi connectivity index (χ1v) is 7.69. The number of halogens is 1. The molecule has 4 nitrogen and oxygen atoms in total. The molecule has 2 aromatic rings. The van der Waals surface area contributed by atoms with E-state index in [4.69, 9.17) is 9.47 Å². The summed E-state index contributed by atoms with van der Waals surface area (Å²) in [5, 5.41) is 2.80. The zero-order valence-corrected chi connectivity index (χ0v) is 12.5. The van der Waals surface area contributed by atoms with Gasteiger partial charge in [-0.1, -0.05) is 0 Å². The lowest BCUT2D eigenvalue weighted by Crippen LogP contribution is -2.16. The van der Waals surface area contributed by atoms with Crippen molar-refractivity contribution in [3.63, 3.8) is 0 Å². The summed E-state index contributed by atoms with van der Waals surface area (Å²) in [6.07, 6.45) is 1.87. The summed E-state index contributed by atoms with van der Waals surface area (Å²) in [6.45, 7) is 1.29. The first-order chi connectivity index (χ1) is 11.2. The van der Waals surface area contributed by atoms with Gasteiger partial charge in [0.1, 0.15) is 17.3 Å². The number of ether oxygens (including phenoxy) is 2. The van der Waals surface area contributed by atoms with E-state index in [0.29, 0.717) is 18.9 Å². The Balaban J connectivity index is 1.59. The van der Waals surface area contributed by atoms with E-state index in [1.54, 1.807) is 12.1 Å². The molecule has 0 fully saturated rings. The van der Waals surface area contributed by atoms with E-state index in [0.717, 1.165) is 41.0 Å². The minimum atomic E-state index is -0.327. The Morgan fingerprint density at radius 1 is 1.13 bits per heavy atom. The van der Waals surface area contributed by atoms with Crippen molar-refractivity contribution in [1.82, 2.24) is 0 Å². The summed E-state index contributed by atoms with van der Waals surface area (Å²) in [4.78, 5) is 12.4. The summed E-state index contributed by atoms with van der Waals surface area (Å²) in [5.41, 5.74) is 3.68. The molecule has 0 aliphatic carbocycles. The van der Waals surface area contributed by atoms with Gasteiger partial charge in [0.15, 0.2) is 0 Å². The van der Waals surface area contributed by atoms with Crippen LogP contribution in [0.5, 0.6) is 11.5 Å². The average molecular weight is 313 g/mol. The van der Waals surface area contributed by atoms with Gasteiger partial charge in [-0.05, 0) is 30.3 Å². The maximum absolute atomic E-state index is 12.9. The molecule has 0 radical (unpaired) electrons. The lowest BCUT2D eigenvalue weighted by molar-refractivity contribution is -0.115. The predicted molar refractivity (Wildman–Crippen MR) is 83.6 cm³/mol. The fourth-order valence-electron chi connectivity index (χ4n) is 3.17. The van der Waals surface area contributed by atoms with E-state index in [2.05, 4.69) is 5.32 Å². The summed E-state index contributed by atoms with van der Waals surface area (Å²) >= 11 is 0. The Bertz CT molecular complexity index is 739. The summed E-state index contributed by atoms with van der Waals surface area (Å²) in [5.74, 6) is 1.24. The van der Waals surface area contributed by atoms with Gasteiger partial charge in [0, 0.05) is 35.2 Å². The van der Waals surface area contributed by atoms with Gasteiger partial charge >= 0.3 is 0 Å². The highest BCUT2D eigenvalue weighted by Gasteiger charge is 2.27. The van der Waals surface area contributed by atoms with E-state index in [1.165, 1.54) is 12.1 Å². The number of carbonyl (C=O) groups is 1. The van der Waals surface area contributed by atoms with Crippen molar-refractivity contribution < 1.29 is 18.7 Å². The topological polar surface area (TPSA) is 47.6 Å². The Hall–Kier alpha value is -2.56. The summed E-state index contributed by atoms with van der Waals surface area (Å²) < 4.78 is 24.3. The zero-order chi connectivity index (χ0) is 15.8. The van der Waals surface area contributed by atoms with Gasteiger partial charge in [-0.15, -0.1) is 0 Å². The van der Waals surface area contributed by atoms with Crippen LogP contribution in [0.4, 0.5) is 10.1 Å². The third-order valence-corrected chi connectivity index (χ3v) is 4.23. The third-order valence-electron chi connectivity index (χ3n) is 4.23. The molecule has 0 atom stereocenters. The van der Waals surface area contributed by atoms with Gasteiger partial charge in [0.2, 0.25) is 5.91 Å². The standard InChI is InChI=1S/C18H16FNO3/c19-12-1-3-13(4-2-12)20-17(21)10-15-14-6-8-22-16(14)9-11-5-7-23-18(11)15/h1-4,9H,5-8,10H2,(H,20,21). The zero-order valence-electron chi connectivity index (χ0n) is 12.5. The van der Waals surface area contributed by atoms with Crippen LogP contribution in [0.1, 0.15) is 16.7 Å². The molecular weight excluding hydrogens is 297 g/mol. The third kappa shape index (κ3) is 2.63. The van der Waals surface area contributed by atoms with Crippen LogP contribution in [0.2, 0.25) is 0 Å². The van der Waals surface area contributed by atoms with Crippen LogP contribution in [0.3, 0.4) is 0 Å². The van der Waals surface area contributed by atoms with Crippen molar-refractivity contribution in [1.29, 1.82) is 0 Å². The largest absolute Gasteiger partial charge is 0.493 e. The van der Waals surface area contributed by atoms with Crippen molar-refractivity contribution >= 4 is 11.6 Å². The number of nitrogens with one attached hydrogen (secondary N) is 1. The second-order valence-electron chi connectivity index (χ2n) is 5.75. The Kier molecular flexibility index (Phi) is 3.41. The van der Waals surface area contributed by atoms with Gasteiger partial charge in [-0.25, -0.2) is 4.39 Å². The highest BCUT2D eigenvalue weighted by molar-refractivity contribution is 5.93. The Labute approximate surface area is 133 Å². The van der Waals surface area contributed by atoms with E-state index >= 15 is 0 Å². The number of amides is 1. The molecule has 0 saturated carbocycles. The van der Waals surface area contributed by atoms with Crippen LogP contribution in [-0.2, 0) is 24.1 Å². The molecule has 0 unspecified atom stereocenters. The fraction of sp³-hybridized carbons (Fsp3) is 0.278. The van der Waals surface area contributed by atoms with Crippen LogP contribution in [0.15, 0.2) is 30.3 Å². The van der Waals surface area contributed by atoms with E-state index in [9.17, 15) is 9.18 Å². The van der Waals surface area contributed by atoms with E-state index < -0.39 is 0 Å². The Morgan fingerprint density at radius 2 is 1.91 bits per heavy atom. The molecule has 5 heteroatoms. The van der Waals surface area contributed by atoms with Gasteiger partial charge in [-0.2, -0.15) is 0 Å². The number of fused-ring (bicyclic) bond motifs is 2. The SMILES string of the molecule is O=C(Cc1c2c(cc3c1OCC3)OCC2)Nc1ccc(F)cc1. The molecule has 2 aliphatic heterocycles. The van der Waals surface area contributed by atoms with E-state index in [-0.39, 0.29) is 18.1 Å². The lowest BCUT2D eigenvalue weighted by Gasteiger charge is -2.13. The maximum atomic E-state index is 12.9. The van der Waals surface area contributed by atoms with Crippen molar-refractivity contribution in [2.45, 2.75) is 19.3 Å².